The lowest BCUT2D eigenvalue weighted by Crippen LogP contribution is -2.55. The molecule has 1 aliphatic carbocycles. The lowest BCUT2D eigenvalue weighted by molar-refractivity contribution is -0.0425. The summed E-state index contributed by atoms with van der Waals surface area (Å²) in [4.78, 5) is 21.4. The van der Waals surface area contributed by atoms with Gasteiger partial charge >= 0.3 is 0 Å². The highest BCUT2D eigenvalue weighted by molar-refractivity contribution is 7.26. The Bertz CT molecular complexity index is 1360. The Kier molecular flexibility index (Phi) is 4.54. The van der Waals surface area contributed by atoms with Crippen LogP contribution in [0, 0.1) is 13.8 Å². The first-order chi connectivity index (χ1) is 15.4. The van der Waals surface area contributed by atoms with Gasteiger partial charge in [0.2, 0.25) is 0 Å². The van der Waals surface area contributed by atoms with E-state index in [9.17, 15) is 5.11 Å². The Morgan fingerprint density at radius 1 is 1.22 bits per heavy atom. The number of hydrogen-bond acceptors (Lipinski definition) is 8. The molecule has 1 saturated heterocycles. The second-order valence-corrected chi connectivity index (χ2v) is 10.2. The molecule has 0 radical (unpaired) electrons. The van der Waals surface area contributed by atoms with Crippen LogP contribution in [0.2, 0.25) is 5.02 Å². The van der Waals surface area contributed by atoms with Crippen molar-refractivity contribution in [2.24, 2.45) is 0 Å². The van der Waals surface area contributed by atoms with Gasteiger partial charge in [-0.25, -0.2) is 15.0 Å². The second-order valence-electron chi connectivity index (χ2n) is 8.85. The number of aromatic nitrogens is 4. The third-order valence-corrected chi connectivity index (χ3v) is 8.37. The molecule has 9 heteroatoms. The van der Waals surface area contributed by atoms with Gasteiger partial charge in [0.15, 0.2) is 0 Å². The zero-order chi connectivity index (χ0) is 22.0. The number of aryl methyl sites for hydroxylation is 2. The zero-order valence-electron chi connectivity index (χ0n) is 17.9. The molecular weight excluding hydrogens is 444 g/mol. The molecule has 0 aromatic carbocycles. The third kappa shape index (κ3) is 3.04. The minimum Gasteiger partial charge on any atom is -0.384 e. The van der Waals surface area contributed by atoms with E-state index in [0.717, 1.165) is 81.2 Å². The summed E-state index contributed by atoms with van der Waals surface area (Å²) in [6.07, 6.45) is 6.06. The van der Waals surface area contributed by atoms with Crippen molar-refractivity contribution >= 4 is 54.9 Å². The summed E-state index contributed by atoms with van der Waals surface area (Å²) in [7, 11) is 0. The highest BCUT2D eigenvalue weighted by Gasteiger charge is 2.38. The van der Waals surface area contributed by atoms with Crippen molar-refractivity contribution < 1.29 is 5.11 Å². The molecule has 1 aliphatic heterocycles. The Hall–Kier alpha value is -2.55. The number of anilines is 2. The lowest BCUT2D eigenvalue weighted by atomic mass is 9.77. The van der Waals surface area contributed by atoms with Crippen molar-refractivity contribution in [2.45, 2.75) is 44.8 Å². The van der Waals surface area contributed by atoms with Gasteiger partial charge < -0.3 is 15.3 Å². The number of rotatable bonds is 4. The molecule has 164 valence electrons. The van der Waals surface area contributed by atoms with Crippen LogP contribution in [0.25, 0.3) is 20.4 Å². The van der Waals surface area contributed by atoms with Crippen LogP contribution >= 0.6 is 22.9 Å². The van der Waals surface area contributed by atoms with E-state index in [-0.39, 0.29) is 6.04 Å². The summed E-state index contributed by atoms with van der Waals surface area (Å²) in [6, 6.07) is 4.32. The van der Waals surface area contributed by atoms with Crippen molar-refractivity contribution in [2.75, 3.05) is 23.3 Å². The Morgan fingerprint density at radius 2 is 2.03 bits per heavy atom. The monoisotopic (exact) mass is 466 g/mol. The molecule has 2 N–H and O–H groups in total. The summed E-state index contributed by atoms with van der Waals surface area (Å²) in [6.45, 7) is 5.68. The molecule has 5 heterocycles. The van der Waals surface area contributed by atoms with E-state index in [1.165, 1.54) is 0 Å². The van der Waals surface area contributed by atoms with Gasteiger partial charge in [0.25, 0.3) is 0 Å². The summed E-state index contributed by atoms with van der Waals surface area (Å²) < 4.78 is 1.01. The van der Waals surface area contributed by atoms with Gasteiger partial charge in [0.1, 0.15) is 22.6 Å². The molecule has 6 rings (SSSR count). The first-order valence-electron chi connectivity index (χ1n) is 10.8. The molecule has 0 amide bonds. The van der Waals surface area contributed by atoms with Gasteiger partial charge in [-0.15, -0.1) is 11.3 Å². The van der Waals surface area contributed by atoms with E-state index in [1.807, 2.05) is 26.0 Å². The van der Waals surface area contributed by atoms with Crippen LogP contribution in [0.4, 0.5) is 11.5 Å². The minimum absolute atomic E-state index is 0.279. The Balaban J connectivity index is 1.24. The molecule has 2 fully saturated rings. The summed E-state index contributed by atoms with van der Waals surface area (Å²) in [5.74, 6) is 0.843. The predicted octanol–water partition coefficient (Wildman–Crippen LogP) is 4.58. The van der Waals surface area contributed by atoms with E-state index < -0.39 is 5.60 Å². The van der Waals surface area contributed by atoms with Crippen molar-refractivity contribution in [3.8, 4) is 0 Å². The first-order valence-corrected chi connectivity index (χ1v) is 12.0. The van der Waals surface area contributed by atoms with Crippen LogP contribution in [0.5, 0.6) is 0 Å². The molecule has 0 bridgehead atoms. The zero-order valence-corrected chi connectivity index (χ0v) is 19.5. The minimum atomic E-state index is -0.736. The van der Waals surface area contributed by atoms with E-state index in [2.05, 4.69) is 30.2 Å². The lowest BCUT2D eigenvalue weighted by Gasteiger charge is -2.42. The normalized spacial score (nSPS) is 18.1. The highest BCUT2D eigenvalue weighted by Crippen LogP contribution is 2.42. The molecule has 0 unspecified atom stereocenters. The fourth-order valence-corrected chi connectivity index (χ4v) is 5.94. The number of halogens is 1. The van der Waals surface area contributed by atoms with Crippen LogP contribution in [0.1, 0.15) is 36.2 Å². The van der Waals surface area contributed by atoms with Crippen molar-refractivity contribution in [3.63, 3.8) is 0 Å². The molecule has 7 nitrogen and oxygen atoms in total. The number of hydrogen-bond donors (Lipinski definition) is 2. The second kappa shape index (κ2) is 7.23. The van der Waals surface area contributed by atoms with E-state index in [0.29, 0.717) is 5.02 Å². The largest absolute Gasteiger partial charge is 0.384 e. The van der Waals surface area contributed by atoms with Gasteiger partial charge in [-0.2, -0.15) is 0 Å². The molecule has 4 aromatic rings. The van der Waals surface area contributed by atoms with E-state index in [4.69, 9.17) is 11.6 Å². The van der Waals surface area contributed by atoms with Crippen molar-refractivity contribution in [1.29, 1.82) is 0 Å². The fraction of sp³-hybridized carbons (Fsp3) is 0.391. The van der Waals surface area contributed by atoms with Crippen LogP contribution in [0.3, 0.4) is 0 Å². The number of pyridine rings is 2. The van der Waals surface area contributed by atoms with E-state index in [1.54, 1.807) is 23.9 Å². The highest BCUT2D eigenvalue weighted by atomic mass is 35.5. The summed E-state index contributed by atoms with van der Waals surface area (Å²) in [5.41, 5.74) is 3.91. The smallest absolute Gasteiger partial charge is 0.147 e. The SMILES string of the molecule is Cc1nc2sc3c(NC4CN(c5ccnc(C6(O)CCC6)c5)C4)ncnc3c2c(C)c1Cl. The van der Waals surface area contributed by atoms with Crippen LogP contribution < -0.4 is 10.2 Å². The van der Waals surface area contributed by atoms with Gasteiger partial charge in [0.05, 0.1) is 32.7 Å². The van der Waals surface area contributed by atoms with Crippen molar-refractivity contribution in [3.05, 3.63) is 46.6 Å². The number of aliphatic hydroxyl groups is 1. The molecule has 1 saturated carbocycles. The van der Waals surface area contributed by atoms with Gasteiger partial charge in [-0.1, -0.05) is 11.6 Å². The molecule has 4 aromatic heterocycles. The summed E-state index contributed by atoms with van der Waals surface area (Å²) in [5, 5.41) is 15.9. The quantitative estimate of drug-likeness (QED) is 0.455. The standard InChI is InChI=1S/C23H23ClN6OS/c1-12-17-19-20(32-22(17)28-13(2)18(12)24)21(27-11-26-19)29-14-9-30(10-14)15-4-7-25-16(8-15)23(31)5-3-6-23/h4,7-8,11,14,31H,3,5-6,9-10H2,1-2H3,(H,26,27,29). The van der Waals surface area contributed by atoms with Gasteiger partial charge in [-0.05, 0) is 50.8 Å². The maximum absolute atomic E-state index is 10.6. The molecule has 0 atom stereocenters. The van der Waals surface area contributed by atoms with Crippen LogP contribution in [0.15, 0.2) is 24.7 Å². The average Bonchev–Trinajstić information content (AvgIpc) is 3.11. The number of fused-ring (bicyclic) bond motifs is 3. The number of nitrogens with zero attached hydrogens (tertiary/aromatic N) is 5. The van der Waals surface area contributed by atoms with E-state index >= 15 is 0 Å². The average molecular weight is 467 g/mol. The van der Waals surface area contributed by atoms with Gasteiger partial charge in [-0.3, -0.25) is 4.98 Å². The topological polar surface area (TPSA) is 87.1 Å². The number of thiophene rings is 1. The Labute approximate surface area is 194 Å². The van der Waals surface area contributed by atoms with Crippen LogP contribution in [-0.4, -0.2) is 44.2 Å². The molecule has 0 spiro atoms. The maximum atomic E-state index is 10.6. The first kappa shape index (κ1) is 20.1. The molecule has 2 aliphatic rings. The predicted molar refractivity (Wildman–Crippen MR) is 129 cm³/mol. The Morgan fingerprint density at radius 3 is 2.78 bits per heavy atom. The molecular formula is C23H23ClN6OS. The fourth-order valence-electron chi connectivity index (χ4n) is 4.61. The third-order valence-electron chi connectivity index (χ3n) is 6.73. The van der Waals surface area contributed by atoms with Crippen molar-refractivity contribution in [1.82, 2.24) is 19.9 Å². The maximum Gasteiger partial charge on any atom is 0.147 e. The van der Waals surface area contributed by atoms with Crippen LogP contribution in [-0.2, 0) is 5.60 Å². The number of nitrogens with one attached hydrogen (secondary N) is 1. The molecule has 32 heavy (non-hydrogen) atoms. The summed E-state index contributed by atoms with van der Waals surface area (Å²) >= 11 is 8.06. The van der Waals surface area contributed by atoms with Gasteiger partial charge in [0, 0.05) is 30.4 Å².